The quantitative estimate of drug-likeness (QED) is 0.639. The Hall–Kier alpha value is -2.31. The largest absolute Gasteiger partial charge is 0.449 e. The Kier molecular flexibility index (Phi) is 6.00. The molecule has 0 bridgehead atoms. The summed E-state index contributed by atoms with van der Waals surface area (Å²) in [5.74, 6) is -0.370. The van der Waals surface area contributed by atoms with Crippen LogP contribution in [-0.2, 0) is 14.3 Å². The van der Waals surface area contributed by atoms with E-state index in [1.54, 1.807) is 31.2 Å². The average molecular weight is 369 g/mol. The number of rotatable bonds is 5. The summed E-state index contributed by atoms with van der Waals surface area (Å²) in [5, 5.41) is 6.90. The van der Waals surface area contributed by atoms with Crippen LogP contribution in [0, 0.1) is 6.92 Å². The third kappa shape index (κ3) is 5.11. The van der Waals surface area contributed by atoms with Crippen LogP contribution in [0.1, 0.15) is 18.2 Å². The topological polar surface area (TPSA) is 81.4 Å². The van der Waals surface area contributed by atoms with Crippen molar-refractivity contribution in [2.45, 2.75) is 20.0 Å². The van der Waals surface area contributed by atoms with E-state index < -0.39 is 18.0 Å². The fraction of sp³-hybridized carbons (Fsp3) is 0.188. The van der Waals surface area contributed by atoms with E-state index in [2.05, 4.69) is 10.5 Å². The van der Waals surface area contributed by atoms with E-state index in [-0.39, 0.29) is 5.82 Å². The number of nitrogens with one attached hydrogen (secondary N) is 1. The van der Waals surface area contributed by atoms with Gasteiger partial charge in [0.1, 0.15) is 5.76 Å². The molecule has 0 unspecified atom stereocenters. The molecule has 0 aliphatic rings. The Morgan fingerprint density at radius 3 is 2.67 bits per heavy atom. The first-order valence-corrected chi connectivity index (χ1v) is 7.68. The van der Waals surface area contributed by atoms with Gasteiger partial charge in [0.25, 0.3) is 5.91 Å². The highest BCUT2D eigenvalue weighted by atomic mass is 35.5. The minimum Gasteiger partial charge on any atom is -0.449 e. The minimum absolute atomic E-state index is 0.256. The van der Waals surface area contributed by atoms with Crippen molar-refractivity contribution in [3.8, 4) is 0 Å². The molecule has 8 heteroatoms. The number of amides is 1. The number of ether oxygens (including phenoxy) is 1. The maximum absolute atomic E-state index is 11.9. The first kappa shape index (κ1) is 18.0. The molecule has 0 aliphatic carbocycles. The molecule has 1 N–H and O–H groups in total. The SMILES string of the molecule is Cc1cc(NC(=O)[C@H](C)OC(=O)/C=C/c2ccc(Cl)c(Cl)c2)no1. The van der Waals surface area contributed by atoms with Crippen LogP contribution in [0.2, 0.25) is 10.0 Å². The molecule has 24 heavy (non-hydrogen) atoms. The van der Waals surface area contributed by atoms with Gasteiger partial charge in [-0.3, -0.25) is 4.79 Å². The number of benzene rings is 1. The first-order valence-electron chi connectivity index (χ1n) is 6.93. The highest BCUT2D eigenvalue weighted by Gasteiger charge is 2.17. The second kappa shape index (κ2) is 7.99. The molecular weight excluding hydrogens is 355 g/mol. The molecule has 1 aromatic carbocycles. The molecule has 0 fully saturated rings. The molecular formula is C16H14Cl2N2O4. The van der Waals surface area contributed by atoms with Crippen LogP contribution in [0.4, 0.5) is 5.82 Å². The highest BCUT2D eigenvalue weighted by Crippen LogP contribution is 2.23. The number of aryl methyl sites for hydroxylation is 1. The van der Waals surface area contributed by atoms with Gasteiger partial charge in [-0.15, -0.1) is 0 Å². The summed E-state index contributed by atoms with van der Waals surface area (Å²) < 4.78 is 9.84. The van der Waals surface area contributed by atoms with Gasteiger partial charge in [-0.25, -0.2) is 4.79 Å². The van der Waals surface area contributed by atoms with Gasteiger partial charge in [-0.1, -0.05) is 34.4 Å². The van der Waals surface area contributed by atoms with E-state index >= 15 is 0 Å². The summed E-state index contributed by atoms with van der Waals surface area (Å²) in [6, 6.07) is 6.47. The van der Waals surface area contributed by atoms with Crippen LogP contribution < -0.4 is 5.32 Å². The molecule has 126 valence electrons. The van der Waals surface area contributed by atoms with Crippen molar-refractivity contribution in [1.82, 2.24) is 5.16 Å². The van der Waals surface area contributed by atoms with Gasteiger partial charge in [-0.05, 0) is 37.6 Å². The molecule has 1 atom stereocenters. The lowest BCUT2D eigenvalue weighted by Crippen LogP contribution is -2.29. The van der Waals surface area contributed by atoms with E-state index in [1.165, 1.54) is 19.1 Å². The maximum Gasteiger partial charge on any atom is 0.331 e. The number of halogens is 2. The number of hydrogen-bond donors (Lipinski definition) is 1. The summed E-state index contributed by atoms with van der Waals surface area (Å²) in [6.45, 7) is 3.15. The van der Waals surface area contributed by atoms with Crippen molar-refractivity contribution in [2.75, 3.05) is 5.32 Å². The monoisotopic (exact) mass is 368 g/mol. The number of esters is 1. The standard InChI is InChI=1S/C16H14Cl2N2O4/c1-9-7-14(20-24-9)19-16(22)10(2)23-15(21)6-4-11-3-5-12(17)13(18)8-11/h3-8,10H,1-2H3,(H,19,20,22)/b6-4+/t10-/m0/s1. The predicted octanol–water partition coefficient (Wildman–Crippen LogP) is 3.87. The van der Waals surface area contributed by atoms with Gasteiger partial charge in [0, 0.05) is 12.1 Å². The van der Waals surface area contributed by atoms with Gasteiger partial charge in [0.05, 0.1) is 10.0 Å². The van der Waals surface area contributed by atoms with E-state index in [4.69, 9.17) is 32.5 Å². The number of carbonyl (C=O) groups excluding carboxylic acids is 2. The summed E-state index contributed by atoms with van der Waals surface area (Å²) in [5.41, 5.74) is 0.677. The molecule has 0 saturated heterocycles. The summed E-state index contributed by atoms with van der Waals surface area (Å²) >= 11 is 11.7. The van der Waals surface area contributed by atoms with E-state index in [0.29, 0.717) is 21.4 Å². The van der Waals surface area contributed by atoms with Crippen LogP contribution in [0.3, 0.4) is 0 Å². The Balaban J connectivity index is 1.89. The van der Waals surface area contributed by atoms with Crippen molar-refractivity contribution in [1.29, 1.82) is 0 Å². The maximum atomic E-state index is 11.9. The van der Waals surface area contributed by atoms with Crippen LogP contribution in [0.25, 0.3) is 6.08 Å². The number of carbonyl (C=O) groups is 2. The van der Waals surface area contributed by atoms with Crippen LogP contribution in [0.5, 0.6) is 0 Å². The van der Waals surface area contributed by atoms with Crippen molar-refractivity contribution in [3.05, 3.63) is 51.7 Å². The van der Waals surface area contributed by atoms with Gasteiger partial charge >= 0.3 is 5.97 Å². The fourth-order valence-corrected chi connectivity index (χ4v) is 2.01. The van der Waals surface area contributed by atoms with E-state index in [0.717, 1.165) is 0 Å². The van der Waals surface area contributed by atoms with E-state index in [1.807, 2.05) is 0 Å². The molecule has 0 saturated carbocycles. The molecule has 1 amide bonds. The number of aromatic nitrogens is 1. The van der Waals surface area contributed by atoms with Gasteiger partial charge in [0.15, 0.2) is 11.9 Å². The third-order valence-corrected chi connectivity index (χ3v) is 3.64. The molecule has 0 radical (unpaired) electrons. The zero-order chi connectivity index (χ0) is 17.7. The second-order valence-corrected chi connectivity index (χ2v) is 5.71. The Bertz CT molecular complexity index is 786. The lowest BCUT2D eigenvalue weighted by Gasteiger charge is -2.10. The van der Waals surface area contributed by atoms with Crippen molar-refractivity contribution >= 4 is 47.0 Å². The zero-order valence-corrected chi connectivity index (χ0v) is 14.4. The Morgan fingerprint density at radius 1 is 1.29 bits per heavy atom. The predicted molar refractivity (Wildman–Crippen MR) is 90.9 cm³/mol. The van der Waals surface area contributed by atoms with Gasteiger partial charge < -0.3 is 14.6 Å². The molecule has 6 nitrogen and oxygen atoms in total. The van der Waals surface area contributed by atoms with Crippen LogP contribution >= 0.6 is 23.2 Å². The molecule has 2 rings (SSSR count). The lowest BCUT2D eigenvalue weighted by molar-refractivity contribution is -0.148. The molecule has 0 spiro atoms. The van der Waals surface area contributed by atoms with Gasteiger partial charge in [0.2, 0.25) is 0 Å². The van der Waals surface area contributed by atoms with Crippen molar-refractivity contribution in [3.63, 3.8) is 0 Å². The normalized spacial score (nSPS) is 12.2. The fourth-order valence-electron chi connectivity index (χ4n) is 1.70. The number of anilines is 1. The minimum atomic E-state index is -0.993. The highest BCUT2D eigenvalue weighted by molar-refractivity contribution is 6.42. The van der Waals surface area contributed by atoms with Crippen molar-refractivity contribution in [2.24, 2.45) is 0 Å². The average Bonchev–Trinajstić information content (AvgIpc) is 2.93. The Labute approximate surface area is 148 Å². The van der Waals surface area contributed by atoms with Crippen LogP contribution in [-0.4, -0.2) is 23.1 Å². The second-order valence-electron chi connectivity index (χ2n) is 4.90. The third-order valence-electron chi connectivity index (χ3n) is 2.90. The number of hydrogen-bond acceptors (Lipinski definition) is 5. The number of nitrogens with zero attached hydrogens (tertiary/aromatic N) is 1. The summed E-state index contributed by atoms with van der Waals surface area (Å²) in [7, 11) is 0. The summed E-state index contributed by atoms with van der Waals surface area (Å²) in [6.07, 6.45) is 1.72. The molecule has 0 aliphatic heterocycles. The molecule has 1 aromatic heterocycles. The van der Waals surface area contributed by atoms with Crippen molar-refractivity contribution < 1.29 is 18.8 Å². The first-order chi connectivity index (χ1) is 11.3. The van der Waals surface area contributed by atoms with E-state index in [9.17, 15) is 9.59 Å². The zero-order valence-electron chi connectivity index (χ0n) is 12.9. The smallest absolute Gasteiger partial charge is 0.331 e. The molecule has 2 aromatic rings. The summed E-state index contributed by atoms with van der Waals surface area (Å²) in [4.78, 5) is 23.6. The lowest BCUT2D eigenvalue weighted by atomic mass is 10.2. The Morgan fingerprint density at radius 2 is 2.04 bits per heavy atom. The van der Waals surface area contributed by atoms with Crippen LogP contribution in [0.15, 0.2) is 34.9 Å². The van der Waals surface area contributed by atoms with Gasteiger partial charge in [-0.2, -0.15) is 0 Å². The molecule has 1 heterocycles.